The smallest absolute Gasteiger partial charge is 0.251 e. The molecule has 8 heteroatoms. The van der Waals surface area contributed by atoms with Gasteiger partial charge >= 0.3 is 0 Å². The van der Waals surface area contributed by atoms with Crippen molar-refractivity contribution in [2.24, 2.45) is 5.41 Å². The Bertz CT molecular complexity index is 820. The molecule has 3 atom stereocenters. The first-order valence-electron chi connectivity index (χ1n) is 11.3. The highest BCUT2D eigenvalue weighted by atomic mass is 19.1. The molecule has 1 amide bonds. The number of pyridine rings is 1. The molecule has 0 radical (unpaired) electrons. The number of aliphatic hydroxyl groups excluding tert-OH is 2. The minimum atomic E-state index is -1.13. The van der Waals surface area contributed by atoms with E-state index in [0.717, 1.165) is 17.5 Å². The van der Waals surface area contributed by atoms with Crippen LogP contribution in [-0.4, -0.2) is 58.2 Å². The standard InChI is InChI=1S/C24H36FN3O4/c1-5-6-18(28-21(31)12-25)20(30)14-26-19-11-24(9-16(29)10-24)32-22-17(19)7-15(13-27-22)8-23(2,3)4/h5,7,13,16,18-20,26,29-30H,1,6,8-12,14H2,2-4H3,(H,28,31)/t16?,18-,19-,20+,24?/m0/s1. The topological polar surface area (TPSA) is 104 Å². The zero-order valence-electron chi connectivity index (χ0n) is 19.2. The number of aliphatic hydroxyl groups is 2. The third-order valence-electron chi connectivity index (χ3n) is 6.08. The fourth-order valence-corrected chi connectivity index (χ4v) is 4.66. The zero-order valence-corrected chi connectivity index (χ0v) is 19.2. The summed E-state index contributed by atoms with van der Waals surface area (Å²) in [6, 6.07) is 1.34. The lowest BCUT2D eigenvalue weighted by Crippen LogP contribution is -2.56. The highest BCUT2D eigenvalue weighted by molar-refractivity contribution is 5.77. The Morgan fingerprint density at radius 3 is 2.75 bits per heavy atom. The number of fused-ring (bicyclic) bond motifs is 1. The second kappa shape index (κ2) is 9.85. The summed E-state index contributed by atoms with van der Waals surface area (Å²) in [7, 11) is 0. The SMILES string of the molecule is C=CC[C@H](NC(=O)CF)[C@H](O)CN[C@H]1CC2(CC(O)C2)Oc2ncc(CC(C)(C)C)cc21. The molecule has 0 saturated heterocycles. The van der Waals surface area contributed by atoms with Gasteiger partial charge in [-0.2, -0.15) is 0 Å². The molecule has 1 spiro atoms. The van der Waals surface area contributed by atoms with Gasteiger partial charge in [0.1, 0.15) is 5.60 Å². The summed E-state index contributed by atoms with van der Waals surface area (Å²) in [5.74, 6) is -0.202. The molecule has 2 aliphatic rings. The first kappa shape index (κ1) is 24.6. The van der Waals surface area contributed by atoms with Crippen molar-refractivity contribution in [3.05, 3.63) is 36.0 Å². The normalized spacial score (nSPS) is 26.4. The fourth-order valence-electron chi connectivity index (χ4n) is 4.66. The monoisotopic (exact) mass is 449 g/mol. The van der Waals surface area contributed by atoms with Crippen LogP contribution >= 0.6 is 0 Å². The van der Waals surface area contributed by atoms with Crippen molar-refractivity contribution in [3.8, 4) is 5.88 Å². The number of carbonyl (C=O) groups is 1. The molecule has 0 bridgehead atoms. The van der Waals surface area contributed by atoms with Gasteiger partial charge in [-0.1, -0.05) is 26.8 Å². The van der Waals surface area contributed by atoms with Gasteiger partial charge in [0.2, 0.25) is 5.88 Å². The van der Waals surface area contributed by atoms with Crippen LogP contribution in [0.25, 0.3) is 0 Å². The first-order chi connectivity index (χ1) is 15.0. The summed E-state index contributed by atoms with van der Waals surface area (Å²) in [6.45, 7) is 9.23. The van der Waals surface area contributed by atoms with Gasteiger partial charge in [-0.05, 0) is 29.9 Å². The van der Waals surface area contributed by atoms with Gasteiger partial charge in [0.05, 0.1) is 18.2 Å². The maximum atomic E-state index is 12.6. The van der Waals surface area contributed by atoms with Crippen LogP contribution in [0, 0.1) is 5.41 Å². The number of alkyl halides is 1. The number of rotatable bonds is 9. The van der Waals surface area contributed by atoms with Gasteiger partial charge in [0.15, 0.2) is 6.67 Å². The summed E-state index contributed by atoms with van der Waals surface area (Å²) in [4.78, 5) is 16.1. The van der Waals surface area contributed by atoms with Gasteiger partial charge in [0, 0.05) is 43.6 Å². The first-order valence-corrected chi connectivity index (χ1v) is 11.3. The Morgan fingerprint density at radius 1 is 1.44 bits per heavy atom. The Morgan fingerprint density at radius 2 is 2.16 bits per heavy atom. The van der Waals surface area contributed by atoms with Crippen LogP contribution in [0.1, 0.15) is 63.6 Å². The van der Waals surface area contributed by atoms with Crippen molar-refractivity contribution < 1.29 is 24.1 Å². The molecule has 178 valence electrons. The van der Waals surface area contributed by atoms with Crippen LogP contribution in [0.4, 0.5) is 4.39 Å². The summed E-state index contributed by atoms with van der Waals surface area (Å²) >= 11 is 0. The Kier molecular flexibility index (Phi) is 7.57. The average Bonchev–Trinajstić information content (AvgIpc) is 2.69. The third kappa shape index (κ3) is 6.05. The lowest BCUT2D eigenvalue weighted by Gasteiger charge is -2.50. The quantitative estimate of drug-likeness (QED) is 0.432. The summed E-state index contributed by atoms with van der Waals surface area (Å²) in [6.07, 6.45) is 5.05. The van der Waals surface area contributed by atoms with Gasteiger partial charge in [0.25, 0.3) is 5.91 Å². The van der Waals surface area contributed by atoms with Crippen LogP contribution in [0.5, 0.6) is 5.88 Å². The summed E-state index contributed by atoms with van der Waals surface area (Å²) in [5.41, 5.74) is 1.68. The number of aromatic nitrogens is 1. The van der Waals surface area contributed by atoms with Crippen LogP contribution in [0.3, 0.4) is 0 Å². The molecule has 1 aliphatic heterocycles. The maximum absolute atomic E-state index is 12.6. The number of nitrogens with one attached hydrogen (secondary N) is 2. The Balaban J connectivity index is 1.77. The van der Waals surface area contributed by atoms with Crippen molar-refractivity contribution in [2.75, 3.05) is 13.2 Å². The highest BCUT2D eigenvalue weighted by Crippen LogP contribution is 2.48. The van der Waals surface area contributed by atoms with E-state index >= 15 is 0 Å². The number of ether oxygens (including phenoxy) is 1. The van der Waals surface area contributed by atoms with Gasteiger partial charge in [-0.3, -0.25) is 4.79 Å². The van der Waals surface area contributed by atoms with Gasteiger partial charge in [-0.25, -0.2) is 9.37 Å². The van der Waals surface area contributed by atoms with E-state index in [1.54, 1.807) is 6.08 Å². The second-order valence-electron chi connectivity index (χ2n) is 10.4. The van der Waals surface area contributed by atoms with E-state index in [0.29, 0.717) is 31.6 Å². The van der Waals surface area contributed by atoms with E-state index < -0.39 is 30.3 Å². The number of hydrogen-bond donors (Lipinski definition) is 4. The third-order valence-corrected chi connectivity index (χ3v) is 6.08. The van der Waals surface area contributed by atoms with E-state index in [1.165, 1.54) is 0 Å². The maximum Gasteiger partial charge on any atom is 0.251 e. The van der Waals surface area contributed by atoms with Gasteiger partial charge in [-0.15, -0.1) is 6.58 Å². The number of nitrogens with zero attached hydrogens (tertiary/aromatic N) is 1. The second-order valence-corrected chi connectivity index (χ2v) is 10.4. The molecule has 2 heterocycles. The van der Waals surface area contributed by atoms with Crippen molar-refractivity contribution in [2.45, 2.75) is 82.8 Å². The zero-order chi connectivity index (χ0) is 23.5. The van der Waals surface area contributed by atoms with E-state index in [9.17, 15) is 19.4 Å². The van der Waals surface area contributed by atoms with Crippen LogP contribution in [0.15, 0.2) is 24.9 Å². The Labute approximate surface area is 189 Å². The minimum Gasteiger partial charge on any atom is -0.471 e. The van der Waals surface area contributed by atoms with E-state index in [-0.39, 0.29) is 24.1 Å². The lowest BCUT2D eigenvalue weighted by molar-refractivity contribution is -0.123. The molecule has 1 saturated carbocycles. The average molecular weight is 450 g/mol. The molecule has 1 fully saturated rings. The predicted octanol–water partition coefficient (Wildman–Crippen LogP) is 2.37. The van der Waals surface area contributed by atoms with Gasteiger partial charge < -0.3 is 25.6 Å². The summed E-state index contributed by atoms with van der Waals surface area (Å²) < 4.78 is 18.8. The van der Waals surface area contributed by atoms with Crippen molar-refractivity contribution in [1.29, 1.82) is 0 Å². The number of amides is 1. The molecular weight excluding hydrogens is 413 g/mol. The minimum absolute atomic E-state index is 0.108. The van der Waals surface area contributed by atoms with Crippen LogP contribution < -0.4 is 15.4 Å². The van der Waals surface area contributed by atoms with Crippen molar-refractivity contribution in [1.82, 2.24) is 15.6 Å². The van der Waals surface area contributed by atoms with Crippen LogP contribution in [-0.2, 0) is 11.2 Å². The molecule has 1 aromatic heterocycles. The largest absolute Gasteiger partial charge is 0.471 e. The number of hydrogen-bond acceptors (Lipinski definition) is 6. The molecule has 4 N–H and O–H groups in total. The predicted molar refractivity (Wildman–Crippen MR) is 120 cm³/mol. The Hall–Kier alpha value is -2.03. The summed E-state index contributed by atoms with van der Waals surface area (Å²) in [5, 5.41) is 26.5. The van der Waals surface area contributed by atoms with Crippen molar-refractivity contribution >= 4 is 5.91 Å². The van der Waals surface area contributed by atoms with E-state index in [4.69, 9.17) is 4.74 Å². The molecular formula is C24H36FN3O4. The molecule has 7 nitrogen and oxygen atoms in total. The molecule has 32 heavy (non-hydrogen) atoms. The van der Waals surface area contributed by atoms with Crippen molar-refractivity contribution in [3.63, 3.8) is 0 Å². The van der Waals surface area contributed by atoms with E-state index in [1.807, 2.05) is 6.20 Å². The highest BCUT2D eigenvalue weighted by Gasteiger charge is 2.51. The number of carbonyl (C=O) groups excluding carboxylic acids is 1. The van der Waals surface area contributed by atoms with E-state index in [2.05, 4.69) is 49.0 Å². The molecule has 0 unspecified atom stereocenters. The molecule has 1 aromatic rings. The molecule has 1 aliphatic carbocycles. The fraction of sp³-hybridized carbons (Fsp3) is 0.667. The lowest BCUT2D eigenvalue weighted by atomic mass is 9.71. The molecule has 0 aromatic carbocycles. The van der Waals surface area contributed by atoms with Crippen LogP contribution in [0.2, 0.25) is 0 Å². The number of halogens is 1. The molecule has 3 rings (SSSR count).